The van der Waals surface area contributed by atoms with Crippen molar-refractivity contribution in [3.63, 3.8) is 0 Å². The molecule has 17 heavy (non-hydrogen) atoms. The third-order valence-electron chi connectivity index (χ3n) is 2.67. The number of nitrogens with zero attached hydrogens (tertiary/aromatic N) is 2. The van der Waals surface area contributed by atoms with Gasteiger partial charge in [-0.1, -0.05) is 6.92 Å². The van der Waals surface area contributed by atoms with Crippen molar-refractivity contribution >= 4 is 28.0 Å². The number of thiophene rings is 1. The van der Waals surface area contributed by atoms with Crippen LogP contribution in [0.3, 0.4) is 0 Å². The summed E-state index contributed by atoms with van der Waals surface area (Å²) < 4.78 is 4.28. The van der Waals surface area contributed by atoms with Crippen LogP contribution in [0.15, 0.2) is 6.07 Å². The summed E-state index contributed by atoms with van der Waals surface area (Å²) in [5, 5.41) is 4.33. The fourth-order valence-corrected chi connectivity index (χ4v) is 3.56. The zero-order chi connectivity index (χ0) is 12.4. The van der Waals surface area contributed by atoms with Crippen LogP contribution in [0.2, 0.25) is 0 Å². The summed E-state index contributed by atoms with van der Waals surface area (Å²) in [4.78, 5) is 7.17. The number of anilines is 1. The molecule has 92 valence electrons. The molecule has 1 N–H and O–H groups in total. The Bertz CT molecular complexity index is 502. The van der Waals surface area contributed by atoms with Gasteiger partial charge in [-0.05, 0) is 32.4 Å². The first-order chi connectivity index (χ1) is 8.10. The van der Waals surface area contributed by atoms with Gasteiger partial charge in [-0.2, -0.15) is 4.37 Å². The molecule has 2 heterocycles. The van der Waals surface area contributed by atoms with E-state index in [0.717, 1.165) is 17.4 Å². The van der Waals surface area contributed by atoms with E-state index in [1.54, 1.807) is 0 Å². The average Bonchev–Trinajstić information content (AvgIpc) is 2.85. The Hall–Kier alpha value is -0.940. The second-order valence-electron chi connectivity index (χ2n) is 4.10. The van der Waals surface area contributed by atoms with Crippen LogP contribution in [0.25, 0.3) is 0 Å². The standard InChI is InChI=1S/C12H17N3S2/c1-5-11-14-12(17-15-11)13-8(3)10-6-7(2)16-9(10)4/h6,8H,5H2,1-4H3,(H,13,14,15). The lowest BCUT2D eigenvalue weighted by atomic mass is 10.1. The maximum absolute atomic E-state index is 4.43. The molecule has 0 fully saturated rings. The predicted molar refractivity (Wildman–Crippen MR) is 75.1 cm³/mol. The van der Waals surface area contributed by atoms with Crippen LogP contribution in [0.5, 0.6) is 0 Å². The lowest BCUT2D eigenvalue weighted by Crippen LogP contribution is -2.06. The first kappa shape index (κ1) is 12.5. The number of aryl methyl sites for hydroxylation is 3. The molecule has 5 heteroatoms. The van der Waals surface area contributed by atoms with E-state index in [4.69, 9.17) is 0 Å². The van der Waals surface area contributed by atoms with Gasteiger partial charge in [0.05, 0.1) is 6.04 Å². The molecular formula is C12H17N3S2. The van der Waals surface area contributed by atoms with Gasteiger partial charge in [0.1, 0.15) is 5.82 Å². The van der Waals surface area contributed by atoms with Gasteiger partial charge in [0.15, 0.2) is 0 Å². The third-order valence-corrected chi connectivity index (χ3v) is 4.34. The van der Waals surface area contributed by atoms with Crippen molar-refractivity contribution in [2.75, 3.05) is 5.32 Å². The van der Waals surface area contributed by atoms with Crippen molar-refractivity contribution in [2.24, 2.45) is 0 Å². The minimum absolute atomic E-state index is 0.289. The Morgan fingerprint density at radius 3 is 2.71 bits per heavy atom. The summed E-state index contributed by atoms with van der Waals surface area (Å²) in [5.74, 6) is 0.919. The minimum atomic E-state index is 0.289. The van der Waals surface area contributed by atoms with Crippen molar-refractivity contribution < 1.29 is 0 Å². The molecule has 1 atom stereocenters. The third kappa shape index (κ3) is 2.84. The van der Waals surface area contributed by atoms with Crippen molar-refractivity contribution in [3.05, 3.63) is 27.2 Å². The molecule has 2 aromatic rings. The molecule has 0 aliphatic heterocycles. The SMILES string of the molecule is CCc1nsc(NC(C)c2cc(C)sc2C)n1. The highest BCUT2D eigenvalue weighted by molar-refractivity contribution is 7.12. The molecule has 0 saturated carbocycles. The maximum Gasteiger partial charge on any atom is 0.203 e. The molecular weight excluding hydrogens is 250 g/mol. The zero-order valence-corrected chi connectivity index (χ0v) is 12.2. The monoisotopic (exact) mass is 267 g/mol. The number of hydrogen-bond donors (Lipinski definition) is 1. The summed E-state index contributed by atoms with van der Waals surface area (Å²) in [5.41, 5.74) is 1.36. The van der Waals surface area contributed by atoms with E-state index in [1.165, 1.54) is 26.9 Å². The van der Waals surface area contributed by atoms with E-state index in [0.29, 0.717) is 0 Å². The van der Waals surface area contributed by atoms with Crippen LogP contribution in [0, 0.1) is 13.8 Å². The molecule has 0 radical (unpaired) electrons. The van der Waals surface area contributed by atoms with Crippen LogP contribution < -0.4 is 5.32 Å². The molecule has 3 nitrogen and oxygen atoms in total. The number of hydrogen-bond acceptors (Lipinski definition) is 5. The molecule has 0 spiro atoms. The highest BCUT2D eigenvalue weighted by Gasteiger charge is 2.12. The van der Waals surface area contributed by atoms with Crippen LogP contribution in [0.4, 0.5) is 5.13 Å². The van der Waals surface area contributed by atoms with Gasteiger partial charge >= 0.3 is 0 Å². The number of aromatic nitrogens is 2. The Balaban J connectivity index is 2.11. The van der Waals surface area contributed by atoms with E-state index < -0.39 is 0 Å². The van der Waals surface area contributed by atoms with Gasteiger partial charge in [0, 0.05) is 27.7 Å². The second-order valence-corrected chi connectivity index (χ2v) is 6.32. The smallest absolute Gasteiger partial charge is 0.203 e. The zero-order valence-electron chi connectivity index (χ0n) is 10.6. The van der Waals surface area contributed by atoms with E-state index in [9.17, 15) is 0 Å². The molecule has 0 bridgehead atoms. The molecule has 0 amide bonds. The van der Waals surface area contributed by atoms with Gasteiger partial charge in [0.2, 0.25) is 5.13 Å². The molecule has 2 rings (SSSR count). The molecule has 0 aliphatic carbocycles. The number of rotatable bonds is 4. The van der Waals surface area contributed by atoms with E-state index in [2.05, 4.69) is 48.4 Å². The summed E-state index contributed by atoms with van der Waals surface area (Å²) in [7, 11) is 0. The van der Waals surface area contributed by atoms with Crippen molar-refractivity contribution in [1.29, 1.82) is 0 Å². The van der Waals surface area contributed by atoms with Crippen LogP contribution in [-0.2, 0) is 6.42 Å². The molecule has 2 aromatic heterocycles. The minimum Gasteiger partial charge on any atom is -0.354 e. The summed E-state index contributed by atoms with van der Waals surface area (Å²) in [6, 6.07) is 2.54. The molecule has 0 aromatic carbocycles. The van der Waals surface area contributed by atoms with Crippen LogP contribution in [-0.4, -0.2) is 9.36 Å². The van der Waals surface area contributed by atoms with Crippen molar-refractivity contribution in [2.45, 2.75) is 40.2 Å². The predicted octanol–water partition coefficient (Wildman–Crippen LogP) is 3.95. The largest absolute Gasteiger partial charge is 0.354 e. The van der Waals surface area contributed by atoms with Crippen LogP contribution >= 0.6 is 22.9 Å². The lowest BCUT2D eigenvalue weighted by Gasteiger charge is -2.12. The summed E-state index contributed by atoms with van der Waals surface area (Å²) in [6.45, 7) is 8.56. The van der Waals surface area contributed by atoms with Crippen molar-refractivity contribution in [3.8, 4) is 0 Å². The summed E-state index contributed by atoms with van der Waals surface area (Å²) >= 11 is 3.29. The topological polar surface area (TPSA) is 37.8 Å². The maximum atomic E-state index is 4.43. The Morgan fingerprint density at radius 2 is 2.18 bits per heavy atom. The lowest BCUT2D eigenvalue weighted by molar-refractivity contribution is 0.873. The molecule has 0 saturated heterocycles. The van der Waals surface area contributed by atoms with Crippen LogP contribution in [0.1, 0.15) is 41.0 Å². The Labute approximate surface area is 110 Å². The van der Waals surface area contributed by atoms with E-state index in [1.807, 2.05) is 11.3 Å². The van der Waals surface area contributed by atoms with Gasteiger partial charge in [-0.3, -0.25) is 0 Å². The van der Waals surface area contributed by atoms with Gasteiger partial charge < -0.3 is 5.32 Å². The molecule has 0 aliphatic rings. The highest BCUT2D eigenvalue weighted by atomic mass is 32.1. The van der Waals surface area contributed by atoms with Crippen molar-refractivity contribution in [1.82, 2.24) is 9.36 Å². The fourth-order valence-electron chi connectivity index (χ4n) is 1.80. The van der Waals surface area contributed by atoms with E-state index >= 15 is 0 Å². The van der Waals surface area contributed by atoms with Gasteiger partial charge in [0.25, 0.3) is 0 Å². The number of nitrogens with one attached hydrogen (secondary N) is 1. The van der Waals surface area contributed by atoms with Gasteiger partial charge in [-0.25, -0.2) is 4.98 Å². The normalized spacial score (nSPS) is 12.7. The highest BCUT2D eigenvalue weighted by Crippen LogP contribution is 2.28. The van der Waals surface area contributed by atoms with E-state index in [-0.39, 0.29) is 6.04 Å². The fraction of sp³-hybridized carbons (Fsp3) is 0.500. The summed E-state index contributed by atoms with van der Waals surface area (Å²) in [6.07, 6.45) is 0.892. The Morgan fingerprint density at radius 1 is 1.41 bits per heavy atom. The quantitative estimate of drug-likeness (QED) is 0.911. The first-order valence-corrected chi connectivity index (χ1v) is 7.35. The van der Waals surface area contributed by atoms with Gasteiger partial charge in [-0.15, -0.1) is 11.3 Å². The first-order valence-electron chi connectivity index (χ1n) is 5.76. The second kappa shape index (κ2) is 5.14. The molecule has 1 unspecified atom stereocenters. The Kier molecular flexibility index (Phi) is 3.79. The average molecular weight is 267 g/mol.